The number of benzene rings is 1. The van der Waals surface area contributed by atoms with Crippen molar-refractivity contribution in [1.82, 2.24) is 9.97 Å². The van der Waals surface area contributed by atoms with E-state index in [1.807, 2.05) is 0 Å². The quantitative estimate of drug-likeness (QED) is 0.478. The molecule has 0 aliphatic carbocycles. The summed E-state index contributed by atoms with van der Waals surface area (Å²) in [4.78, 5) is 17.9. The van der Waals surface area contributed by atoms with Gasteiger partial charge < -0.3 is 14.9 Å². The minimum Gasteiger partial charge on any atom is -0.493 e. The number of anilines is 1. The Morgan fingerprint density at radius 1 is 1.30 bits per heavy atom. The van der Waals surface area contributed by atoms with Gasteiger partial charge in [-0.25, -0.2) is 15.8 Å². The number of methoxy groups -OCH3 is 1. The standard InChI is InChI=1S/C11H11N5O4/c1-19-9-4-7(16(17)18)2-3-8(9)20-11-5-10(15-12)13-6-14-11/h2-6H,12H2,1H3,(H,13,14,15). The van der Waals surface area contributed by atoms with E-state index in [0.29, 0.717) is 11.6 Å². The molecule has 0 saturated heterocycles. The van der Waals surface area contributed by atoms with Gasteiger partial charge in [-0.1, -0.05) is 0 Å². The molecule has 20 heavy (non-hydrogen) atoms. The minimum atomic E-state index is -0.520. The summed E-state index contributed by atoms with van der Waals surface area (Å²) in [6.07, 6.45) is 1.27. The second kappa shape index (κ2) is 5.80. The lowest BCUT2D eigenvalue weighted by atomic mass is 10.3. The fourth-order valence-corrected chi connectivity index (χ4v) is 1.44. The molecule has 0 radical (unpaired) electrons. The van der Waals surface area contributed by atoms with E-state index in [2.05, 4.69) is 15.4 Å². The van der Waals surface area contributed by atoms with E-state index in [4.69, 9.17) is 15.3 Å². The molecular formula is C11H11N5O4. The van der Waals surface area contributed by atoms with Crippen LogP contribution < -0.4 is 20.7 Å². The molecule has 9 nitrogen and oxygen atoms in total. The number of nitrogen functional groups attached to an aromatic ring is 1. The van der Waals surface area contributed by atoms with Crippen LogP contribution in [0.25, 0.3) is 0 Å². The molecule has 9 heteroatoms. The number of hydrazine groups is 1. The first-order chi connectivity index (χ1) is 9.63. The predicted octanol–water partition coefficient (Wildman–Crippen LogP) is 1.47. The van der Waals surface area contributed by atoms with Gasteiger partial charge in [0.15, 0.2) is 11.5 Å². The summed E-state index contributed by atoms with van der Waals surface area (Å²) in [7, 11) is 1.39. The fourth-order valence-electron chi connectivity index (χ4n) is 1.44. The predicted molar refractivity (Wildman–Crippen MR) is 69.6 cm³/mol. The number of ether oxygens (including phenoxy) is 2. The molecule has 1 aromatic carbocycles. The number of nitrogens with one attached hydrogen (secondary N) is 1. The zero-order valence-electron chi connectivity index (χ0n) is 10.4. The van der Waals surface area contributed by atoms with Gasteiger partial charge in [-0.3, -0.25) is 10.1 Å². The van der Waals surface area contributed by atoms with Crippen molar-refractivity contribution in [1.29, 1.82) is 0 Å². The Labute approximate surface area is 113 Å². The van der Waals surface area contributed by atoms with Crippen LogP contribution in [-0.2, 0) is 0 Å². The number of nitrogens with zero attached hydrogens (tertiary/aromatic N) is 3. The molecule has 1 heterocycles. The summed E-state index contributed by atoms with van der Waals surface area (Å²) in [6.45, 7) is 0. The molecule has 0 spiro atoms. The van der Waals surface area contributed by atoms with Crippen molar-refractivity contribution < 1.29 is 14.4 Å². The molecule has 1 aromatic heterocycles. The van der Waals surface area contributed by atoms with E-state index in [0.717, 1.165) is 0 Å². The SMILES string of the molecule is COc1cc([N+](=O)[O-])ccc1Oc1cc(NN)ncn1. The second-order valence-corrected chi connectivity index (χ2v) is 3.58. The van der Waals surface area contributed by atoms with Crippen molar-refractivity contribution >= 4 is 11.5 Å². The second-order valence-electron chi connectivity index (χ2n) is 3.58. The number of nitro groups is 1. The van der Waals surface area contributed by atoms with Gasteiger partial charge in [0.05, 0.1) is 18.1 Å². The van der Waals surface area contributed by atoms with E-state index < -0.39 is 4.92 Å². The maximum Gasteiger partial charge on any atom is 0.273 e. The van der Waals surface area contributed by atoms with Crippen LogP contribution in [0, 0.1) is 10.1 Å². The van der Waals surface area contributed by atoms with Gasteiger partial charge in [-0.15, -0.1) is 0 Å². The highest BCUT2D eigenvalue weighted by atomic mass is 16.6. The van der Waals surface area contributed by atoms with Crippen molar-refractivity contribution in [3.63, 3.8) is 0 Å². The summed E-state index contributed by atoms with van der Waals surface area (Å²) >= 11 is 0. The fraction of sp³-hybridized carbons (Fsp3) is 0.0909. The summed E-state index contributed by atoms with van der Waals surface area (Å²) in [5.41, 5.74) is 2.26. The molecule has 3 N–H and O–H groups in total. The third kappa shape index (κ3) is 2.90. The molecule has 0 bridgehead atoms. The summed E-state index contributed by atoms with van der Waals surface area (Å²) in [6, 6.07) is 5.47. The monoisotopic (exact) mass is 277 g/mol. The van der Waals surface area contributed by atoms with E-state index >= 15 is 0 Å². The molecule has 0 aliphatic rings. The van der Waals surface area contributed by atoms with E-state index in [-0.39, 0.29) is 17.3 Å². The highest BCUT2D eigenvalue weighted by molar-refractivity contribution is 5.50. The molecule has 0 unspecified atom stereocenters. The van der Waals surface area contributed by atoms with Gasteiger partial charge >= 0.3 is 0 Å². The topological polar surface area (TPSA) is 125 Å². The molecule has 0 fully saturated rings. The number of nitro benzene ring substituents is 1. The molecule has 2 aromatic rings. The van der Waals surface area contributed by atoms with Crippen molar-refractivity contribution in [2.45, 2.75) is 0 Å². The van der Waals surface area contributed by atoms with Gasteiger partial charge in [0, 0.05) is 12.1 Å². The first kappa shape index (κ1) is 13.5. The van der Waals surface area contributed by atoms with E-state index in [1.165, 1.54) is 37.7 Å². The molecule has 0 atom stereocenters. The lowest BCUT2D eigenvalue weighted by Crippen LogP contribution is -2.08. The van der Waals surface area contributed by atoms with Gasteiger partial charge in [-0.05, 0) is 6.07 Å². The lowest BCUT2D eigenvalue weighted by molar-refractivity contribution is -0.384. The number of non-ortho nitro benzene ring substituents is 1. The zero-order valence-corrected chi connectivity index (χ0v) is 10.4. The average molecular weight is 277 g/mol. The van der Waals surface area contributed by atoms with Crippen LogP contribution in [0.15, 0.2) is 30.6 Å². The summed E-state index contributed by atoms with van der Waals surface area (Å²) < 4.78 is 10.5. The van der Waals surface area contributed by atoms with Crippen LogP contribution in [0.4, 0.5) is 11.5 Å². The van der Waals surface area contributed by atoms with Gasteiger partial charge in [0.2, 0.25) is 5.88 Å². The number of hydrogen-bond donors (Lipinski definition) is 2. The van der Waals surface area contributed by atoms with Crippen molar-refractivity contribution in [3.05, 3.63) is 40.7 Å². The Morgan fingerprint density at radius 3 is 2.75 bits per heavy atom. The van der Waals surface area contributed by atoms with Crippen molar-refractivity contribution in [2.24, 2.45) is 5.84 Å². The van der Waals surface area contributed by atoms with Crippen LogP contribution >= 0.6 is 0 Å². The zero-order chi connectivity index (χ0) is 14.5. The maximum atomic E-state index is 10.7. The van der Waals surface area contributed by atoms with Crippen LogP contribution in [-0.4, -0.2) is 22.0 Å². The highest BCUT2D eigenvalue weighted by Crippen LogP contribution is 2.34. The van der Waals surface area contributed by atoms with E-state index in [9.17, 15) is 10.1 Å². The Kier molecular flexibility index (Phi) is 3.91. The first-order valence-electron chi connectivity index (χ1n) is 5.43. The third-order valence-corrected chi connectivity index (χ3v) is 2.36. The Balaban J connectivity index is 2.30. The Bertz CT molecular complexity index is 634. The van der Waals surface area contributed by atoms with Crippen molar-refractivity contribution in [3.8, 4) is 17.4 Å². The van der Waals surface area contributed by atoms with E-state index in [1.54, 1.807) is 0 Å². The van der Waals surface area contributed by atoms with Crippen molar-refractivity contribution in [2.75, 3.05) is 12.5 Å². The molecule has 104 valence electrons. The van der Waals surface area contributed by atoms with Crippen LogP contribution in [0.3, 0.4) is 0 Å². The van der Waals surface area contributed by atoms with Crippen LogP contribution in [0.5, 0.6) is 17.4 Å². The maximum absolute atomic E-state index is 10.7. The first-order valence-corrected chi connectivity index (χ1v) is 5.43. The third-order valence-electron chi connectivity index (χ3n) is 2.36. The van der Waals surface area contributed by atoms with Gasteiger partial charge in [0.25, 0.3) is 5.69 Å². The summed E-state index contributed by atoms with van der Waals surface area (Å²) in [5, 5.41) is 10.7. The Hall–Kier alpha value is -2.94. The van der Waals surface area contributed by atoms with Crippen LogP contribution in [0.1, 0.15) is 0 Å². The van der Waals surface area contributed by atoms with Gasteiger partial charge in [0.1, 0.15) is 12.1 Å². The lowest BCUT2D eigenvalue weighted by Gasteiger charge is -2.09. The number of aromatic nitrogens is 2. The number of nitrogens with two attached hydrogens (primary N) is 1. The Morgan fingerprint density at radius 2 is 2.10 bits per heavy atom. The molecule has 0 amide bonds. The normalized spacial score (nSPS) is 9.90. The number of rotatable bonds is 5. The molecular weight excluding hydrogens is 266 g/mol. The molecule has 0 saturated carbocycles. The molecule has 2 rings (SSSR count). The minimum absolute atomic E-state index is 0.0961. The molecule has 0 aliphatic heterocycles. The summed E-state index contributed by atoms with van der Waals surface area (Å²) in [5.74, 6) is 6.33. The average Bonchev–Trinajstić information content (AvgIpc) is 2.47. The smallest absolute Gasteiger partial charge is 0.273 e. The van der Waals surface area contributed by atoms with Crippen LogP contribution in [0.2, 0.25) is 0 Å². The van der Waals surface area contributed by atoms with Gasteiger partial charge in [-0.2, -0.15) is 0 Å². The highest BCUT2D eigenvalue weighted by Gasteiger charge is 2.13. The largest absolute Gasteiger partial charge is 0.493 e. The number of hydrogen-bond acceptors (Lipinski definition) is 8.